The highest BCUT2D eigenvalue weighted by molar-refractivity contribution is 9.10. The number of carbonyl (C=O) groups excluding carboxylic acids is 1. The first-order valence-electron chi connectivity index (χ1n) is 7.40. The number of hydrogen-bond acceptors (Lipinski definition) is 1. The van der Waals surface area contributed by atoms with Crippen molar-refractivity contribution in [2.75, 3.05) is 6.54 Å². The van der Waals surface area contributed by atoms with E-state index in [-0.39, 0.29) is 11.3 Å². The number of nitrogens with one attached hydrogen (secondary N) is 1. The van der Waals surface area contributed by atoms with Crippen LogP contribution in [0.5, 0.6) is 0 Å². The molecule has 20 heavy (non-hydrogen) atoms. The molecule has 112 valence electrons. The van der Waals surface area contributed by atoms with E-state index >= 15 is 0 Å². The Morgan fingerprint density at radius 2 is 2.00 bits per heavy atom. The van der Waals surface area contributed by atoms with Crippen molar-refractivity contribution in [1.82, 2.24) is 5.32 Å². The molecule has 0 bridgehead atoms. The fourth-order valence-electron chi connectivity index (χ4n) is 2.20. The molecule has 1 aromatic rings. The second-order valence-electron chi connectivity index (χ2n) is 6.26. The van der Waals surface area contributed by atoms with Crippen molar-refractivity contribution in [2.24, 2.45) is 5.41 Å². The number of carbonyl (C=O) groups is 1. The van der Waals surface area contributed by atoms with E-state index in [1.165, 1.54) is 19.3 Å². The van der Waals surface area contributed by atoms with Gasteiger partial charge in [0.15, 0.2) is 0 Å². The van der Waals surface area contributed by atoms with Gasteiger partial charge in [0.05, 0.1) is 0 Å². The zero-order valence-electron chi connectivity index (χ0n) is 13.1. The van der Waals surface area contributed by atoms with Gasteiger partial charge in [0, 0.05) is 16.6 Å². The van der Waals surface area contributed by atoms with E-state index in [1.54, 1.807) is 0 Å². The molecule has 0 aromatic heterocycles. The molecule has 0 saturated carbocycles. The van der Waals surface area contributed by atoms with E-state index in [0.29, 0.717) is 0 Å². The van der Waals surface area contributed by atoms with Crippen molar-refractivity contribution in [1.29, 1.82) is 0 Å². The number of halogens is 1. The summed E-state index contributed by atoms with van der Waals surface area (Å²) in [6.45, 7) is 9.34. The van der Waals surface area contributed by atoms with Crippen LogP contribution in [0.3, 0.4) is 0 Å². The summed E-state index contributed by atoms with van der Waals surface area (Å²) >= 11 is 3.42. The second kappa shape index (κ2) is 7.82. The minimum atomic E-state index is 0.0207. The summed E-state index contributed by atoms with van der Waals surface area (Å²) in [5.74, 6) is 0.0207. The Balaban J connectivity index is 2.56. The molecule has 0 spiro atoms. The molecular formula is C17H26BrNO. The number of aryl methyl sites for hydroxylation is 1. The molecule has 3 heteroatoms. The van der Waals surface area contributed by atoms with Gasteiger partial charge >= 0.3 is 0 Å². The number of rotatable bonds is 7. The highest BCUT2D eigenvalue weighted by Crippen LogP contribution is 2.23. The summed E-state index contributed by atoms with van der Waals surface area (Å²) in [4.78, 5) is 12.3. The van der Waals surface area contributed by atoms with E-state index in [0.717, 1.165) is 28.6 Å². The molecule has 0 aliphatic carbocycles. The van der Waals surface area contributed by atoms with Crippen molar-refractivity contribution in [3.05, 3.63) is 33.8 Å². The van der Waals surface area contributed by atoms with E-state index in [1.807, 2.05) is 25.1 Å². The third-order valence-corrected chi connectivity index (χ3v) is 4.12. The molecule has 0 aliphatic rings. The summed E-state index contributed by atoms with van der Waals surface area (Å²) in [6.07, 6.45) is 4.88. The summed E-state index contributed by atoms with van der Waals surface area (Å²) in [5.41, 5.74) is 1.92. The van der Waals surface area contributed by atoms with E-state index < -0.39 is 0 Å². The van der Waals surface area contributed by atoms with Crippen LogP contribution < -0.4 is 5.32 Å². The second-order valence-corrected chi connectivity index (χ2v) is 7.18. The molecule has 0 heterocycles. The monoisotopic (exact) mass is 339 g/mol. The van der Waals surface area contributed by atoms with E-state index in [2.05, 4.69) is 42.0 Å². The van der Waals surface area contributed by atoms with Crippen molar-refractivity contribution in [3.8, 4) is 0 Å². The van der Waals surface area contributed by atoms with Gasteiger partial charge in [-0.05, 0) is 36.5 Å². The van der Waals surface area contributed by atoms with Crippen LogP contribution in [0.4, 0.5) is 0 Å². The van der Waals surface area contributed by atoms with Gasteiger partial charge in [-0.15, -0.1) is 0 Å². The van der Waals surface area contributed by atoms with Crippen LogP contribution in [-0.4, -0.2) is 12.5 Å². The first kappa shape index (κ1) is 17.2. The van der Waals surface area contributed by atoms with Crippen LogP contribution in [0.1, 0.15) is 62.4 Å². The lowest BCUT2D eigenvalue weighted by Crippen LogP contribution is -2.34. The summed E-state index contributed by atoms with van der Waals surface area (Å²) in [5, 5.41) is 3.07. The first-order chi connectivity index (χ1) is 9.35. The van der Waals surface area contributed by atoms with Crippen molar-refractivity contribution >= 4 is 21.8 Å². The van der Waals surface area contributed by atoms with Gasteiger partial charge in [-0.25, -0.2) is 0 Å². The topological polar surface area (TPSA) is 29.1 Å². The number of amides is 1. The molecule has 0 unspecified atom stereocenters. The van der Waals surface area contributed by atoms with Crippen LogP contribution in [0, 0.1) is 12.3 Å². The predicted octanol–water partition coefficient (Wildman–Crippen LogP) is 5.09. The van der Waals surface area contributed by atoms with Crippen LogP contribution in [0.2, 0.25) is 0 Å². The molecule has 0 radical (unpaired) electrons. The van der Waals surface area contributed by atoms with Gasteiger partial charge in [-0.1, -0.05) is 62.0 Å². The Kier molecular flexibility index (Phi) is 6.74. The Bertz CT molecular complexity index is 454. The lowest BCUT2D eigenvalue weighted by atomic mass is 9.87. The first-order valence-corrected chi connectivity index (χ1v) is 8.19. The summed E-state index contributed by atoms with van der Waals surface area (Å²) in [6, 6.07) is 5.81. The highest BCUT2D eigenvalue weighted by Gasteiger charge is 2.19. The van der Waals surface area contributed by atoms with Crippen LogP contribution in [-0.2, 0) is 0 Å². The summed E-state index contributed by atoms with van der Waals surface area (Å²) in [7, 11) is 0. The Hall–Kier alpha value is -0.830. The summed E-state index contributed by atoms with van der Waals surface area (Å²) < 4.78 is 0.940. The lowest BCUT2D eigenvalue weighted by molar-refractivity contribution is 0.0933. The van der Waals surface area contributed by atoms with Gasteiger partial charge in [0.25, 0.3) is 5.91 Å². The predicted molar refractivity (Wildman–Crippen MR) is 89.1 cm³/mol. The third-order valence-electron chi connectivity index (χ3n) is 3.63. The maximum Gasteiger partial charge on any atom is 0.251 e. The lowest BCUT2D eigenvalue weighted by Gasteiger charge is -2.25. The number of benzene rings is 1. The smallest absolute Gasteiger partial charge is 0.251 e. The van der Waals surface area contributed by atoms with E-state index in [4.69, 9.17) is 0 Å². The minimum absolute atomic E-state index is 0.0207. The molecule has 1 N–H and O–H groups in total. The Morgan fingerprint density at radius 3 is 2.65 bits per heavy atom. The molecule has 0 atom stereocenters. The SMILES string of the molecule is CCCCCC(C)(C)CNC(=O)c1cc(Br)ccc1C. The fraction of sp³-hybridized carbons (Fsp3) is 0.588. The van der Waals surface area contributed by atoms with Crippen LogP contribution in [0.15, 0.2) is 22.7 Å². The quantitative estimate of drug-likeness (QED) is 0.688. The zero-order valence-corrected chi connectivity index (χ0v) is 14.6. The van der Waals surface area contributed by atoms with Gasteiger partial charge in [0.1, 0.15) is 0 Å². The van der Waals surface area contributed by atoms with Gasteiger partial charge < -0.3 is 5.32 Å². The highest BCUT2D eigenvalue weighted by atomic mass is 79.9. The third kappa shape index (κ3) is 5.66. The fourth-order valence-corrected chi connectivity index (χ4v) is 2.56. The van der Waals surface area contributed by atoms with E-state index in [9.17, 15) is 4.79 Å². The molecule has 2 nitrogen and oxygen atoms in total. The molecule has 1 aromatic carbocycles. The standard InChI is InChI=1S/C17H26BrNO/c1-5-6-7-10-17(3,4)12-19-16(20)15-11-14(18)9-8-13(15)2/h8-9,11H,5-7,10,12H2,1-4H3,(H,19,20). The van der Waals surface area contributed by atoms with Crippen LogP contribution in [0.25, 0.3) is 0 Å². The molecule has 1 rings (SSSR count). The molecular weight excluding hydrogens is 314 g/mol. The van der Waals surface area contributed by atoms with Crippen molar-refractivity contribution < 1.29 is 4.79 Å². The minimum Gasteiger partial charge on any atom is -0.351 e. The van der Waals surface area contributed by atoms with Crippen molar-refractivity contribution in [3.63, 3.8) is 0 Å². The molecule has 1 amide bonds. The largest absolute Gasteiger partial charge is 0.351 e. The molecule has 0 aliphatic heterocycles. The number of hydrogen-bond donors (Lipinski definition) is 1. The van der Waals surface area contributed by atoms with Gasteiger partial charge in [-0.2, -0.15) is 0 Å². The van der Waals surface area contributed by atoms with Crippen LogP contribution >= 0.6 is 15.9 Å². The zero-order chi connectivity index (χ0) is 15.2. The molecule has 0 saturated heterocycles. The van der Waals surface area contributed by atoms with Gasteiger partial charge in [-0.3, -0.25) is 4.79 Å². The normalized spacial score (nSPS) is 11.4. The number of unbranched alkanes of at least 4 members (excludes halogenated alkanes) is 2. The average Bonchev–Trinajstić information content (AvgIpc) is 2.39. The maximum absolute atomic E-state index is 12.3. The van der Waals surface area contributed by atoms with Crippen molar-refractivity contribution in [2.45, 2.75) is 53.4 Å². The average molecular weight is 340 g/mol. The maximum atomic E-state index is 12.3. The Labute approximate surface area is 131 Å². The Morgan fingerprint density at radius 1 is 1.30 bits per heavy atom. The molecule has 0 fully saturated rings. The van der Waals surface area contributed by atoms with Gasteiger partial charge in [0.2, 0.25) is 0 Å².